The summed E-state index contributed by atoms with van der Waals surface area (Å²) in [6, 6.07) is 7.61. The molecule has 0 atom stereocenters. The highest BCUT2D eigenvalue weighted by molar-refractivity contribution is 6.00. The van der Waals surface area contributed by atoms with Crippen molar-refractivity contribution >= 4 is 5.71 Å². The molecule has 2 rings (SSSR count). The van der Waals surface area contributed by atoms with Gasteiger partial charge in [-0.1, -0.05) is 18.0 Å². The highest BCUT2D eigenvalue weighted by atomic mass is 16.5. The average molecular weight is 301 g/mol. The van der Waals surface area contributed by atoms with Crippen LogP contribution in [0.2, 0.25) is 0 Å². The fourth-order valence-electron chi connectivity index (χ4n) is 2.39. The van der Waals surface area contributed by atoms with Crippen LogP contribution in [0.5, 0.6) is 5.75 Å². The third-order valence-electron chi connectivity index (χ3n) is 3.68. The first-order valence-electron chi connectivity index (χ1n) is 7.64. The maximum Gasteiger partial charge on any atom is 0.118 e. The smallest absolute Gasteiger partial charge is 0.118 e. The van der Waals surface area contributed by atoms with Gasteiger partial charge < -0.3 is 14.5 Å². The van der Waals surface area contributed by atoms with Crippen molar-refractivity contribution in [2.45, 2.75) is 38.6 Å². The number of hydrogen-bond acceptors (Lipinski definition) is 4. The Morgan fingerprint density at radius 2 is 1.95 bits per heavy atom. The van der Waals surface area contributed by atoms with Gasteiger partial charge in [0.15, 0.2) is 0 Å². The standard InChI is InChI=1S/C17H23N3O2/c1-22-16-9-7-15(8-10-16)17(19-21)6-4-2-3-5-12-20-13-11-18-14-20/h7-11,13-14,21H,2-6,12H2,1H3. The number of nitrogens with zero attached hydrogens (tertiary/aromatic N) is 3. The maximum atomic E-state index is 9.18. The number of oxime groups is 1. The third kappa shape index (κ3) is 4.91. The van der Waals surface area contributed by atoms with Crippen LogP contribution < -0.4 is 4.74 Å². The molecule has 1 aromatic carbocycles. The van der Waals surface area contributed by atoms with Crippen molar-refractivity contribution < 1.29 is 9.94 Å². The summed E-state index contributed by atoms with van der Waals surface area (Å²) in [5.41, 5.74) is 1.68. The number of rotatable bonds is 9. The predicted molar refractivity (Wildman–Crippen MR) is 86.6 cm³/mol. The molecule has 1 heterocycles. The van der Waals surface area contributed by atoms with E-state index in [4.69, 9.17) is 4.74 Å². The highest BCUT2D eigenvalue weighted by Gasteiger charge is 2.05. The minimum atomic E-state index is 0.734. The average Bonchev–Trinajstić information content (AvgIpc) is 3.08. The van der Waals surface area contributed by atoms with E-state index < -0.39 is 0 Å². The van der Waals surface area contributed by atoms with E-state index in [1.54, 1.807) is 13.3 Å². The molecule has 1 aromatic heterocycles. The Bertz CT molecular complexity index is 562. The van der Waals surface area contributed by atoms with E-state index in [-0.39, 0.29) is 0 Å². The van der Waals surface area contributed by atoms with E-state index >= 15 is 0 Å². The molecule has 0 aliphatic rings. The SMILES string of the molecule is COc1ccc(C(CCCCCCn2ccnc2)=NO)cc1. The number of aromatic nitrogens is 2. The van der Waals surface area contributed by atoms with Gasteiger partial charge in [0.1, 0.15) is 5.75 Å². The zero-order valence-electron chi connectivity index (χ0n) is 13.0. The molecule has 22 heavy (non-hydrogen) atoms. The lowest BCUT2D eigenvalue weighted by atomic mass is 10.0. The molecule has 5 heteroatoms. The summed E-state index contributed by atoms with van der Waals surface area (Å²) in [4.78, 5) is 4.03. The second kappa shape index (κ2) is 8.87. The molecular weight excluding hydrogens is 278 g/mol. The molecule has 0 aliphatic carbocycles. The molecule has 1 N–H and O–H groups in total. The van der Waals surface area contributed by atoms with Crippen molar-refractivity contribution in [2.75, 3.05) is 7.11 Å². The van der Waals surface area contributed by atoms with Gasteiger partial charge in [-0.15, -0.1) is 0 Å². The lowest BCUT2D eigenvalue weighted by Gasteiger charge is -2.06. The van der Waals surface area contributed by atoms with Crippen molar-refractivity contribution in [2.24, 2.45) is 5.16 Å². The number of hydrogen-bond donors (Lipinski definition) is 1. The number of aryl methyl sites for hydroxylation is 1. The fourth-order valence-corrected chi connectivity index (χ4v) is 2.39. The largest absolute Gasteiger partial charge is 0.497 e. The summed E-state index contributed by atoms with van der Waals surface area (Å²) in [5, 5.41) is 12.6. The van der Waals surface area contributed by atoms with E-state index in [0.29, 0.717) is 0 Å². The summed E-state index contributed by atoms with van der Waals surface area (Å²) in [6.07, 6.45) is 10.9. The van der Waals surface area contributed by atoms with Gasteiger partial charge in [0.2, 0.25) is 0 Å². The number of imidazole rings is 1. The Morgan fingerprint density at radius 3 is 2.59 bits per heavy atom. The Kier molecular flexibility index (Phi) is 6.48. The Labute approximate surface area is 131 Å². The molecule has 118 valence electrons. The predicted octanol–water partition coefficient (Wildman–Crippen LogP) is 3.72. The second-order valence-corrected chi connectivity index (χ2v) is 5.24. The van der Waals surface area contributed by atoms with Gasteiger partial charge in [-0.2, -0.15) is 0 Å². The number of unbranched alkanes of at least 4 members (excludes halogenated alkanes) is 3. The minimum Gasteiger partial charge on any atom is -0.497 e. The van der Waals surface area contributed by atoms with Crippen LogP contribution in [0, 0.1) is 0 Å². The first kappa shape index (κ1) is 16.1. The van der Waals surface area contributed by atoms with Gasteiger partial charge in [-0.25, -0.2) is 4.98 Å². The molecule has 0 fully saturated rings. The van der Waals surface area contributed by atoms with Crippen LogP contribution in [0.4, 0.5) is 0 Å². The monoisotopic (exact) mass is 301 g/mol. The number of benzene rings is 1. The van der Waals surface area contributed by atoms with Gasteiger partial charge in [-0.3, -0.25) is 0 Å². The van der Waals surface area contributed by atoms with Crippen molar-refractivity contribution in [3.05, 3.63) is 48.5 Å². The van der Waals surface area contributed by atoms with Gasteiger partial charge in [-0.05, 0) is 49.1 Å². The lowest BCUT2D eigenvalue weighted by Crippen LogP contribution is -2.01. The summed E-state index contributed by atoms with van der Waals surface area (Å²) in [7, 11) is 1.64. The minimum absolute atomic E-state index is 0.734. The highest BCUT2D eigenvalue weighted by Crippen LogP contribution is 2.15. The van der Waals surface area contributed by atoms with E-state index in [1.807, 2.05) is 36.8 Å². The zero-order valence-corrected chi connectivity index (χ0v) is 13.0. The van der Waals surface area contributed by atoms with Crippen LogP contribution in [0.1, 0.15) is 37.7 Å². The van der Waals surface area contributed by atoms with Crippen molar-refractivity contribution in [1.29, 1.82) is 0 Å². The van der Waals surface area contributed by atoms with Crippen molar-refractivity contribution in [1.82, 2.24) is 9.55 Å². The first-order valence-corrected chi connectivity index (χ1v) is 7.64. The van der Waals surface area contributed by atoms with Crippen LogP contribution in [-0.2, 0) is 6.54 Å². The Hall–Kier alpha value is -2.30. The zero-order chi connectivity index (χ0) is 15.6. The quantitative estimate of drug-likeness (QED) is 0.332. The molecule has 0 spiro atoms. The summed E-state index contributed by atoms with van der Waals surface area (Å²) in [6.45, 7) is 1.01. The fraction of sp³-hybridized carbons (Fsp3) is 0.412. The lowest BCUT2D eigenvalue weighted by molar-refractivity contribution is 0.317. The molecule has 2 aromatic rings. The van der Waals surface area contributed by atoms with Gasteiger partial charge >= 0.3 is 0 Å². The van der Waals surface area contributed by atoms with E-state index in [1.165, 1.54) is 6.42 Å². The first-order chi connectivity index (χ1) is 10.8. The van der Waals surface area contributed by atoms with Gasteiger partial charge in [0.25, 0.3) is 0 Å². The van der Waals surface area contributed by atoms with Crippen LogP contribution in [0.3, 0.4) is 0 Å². The molecule has 0 saturated heterocycles. The third-order valence-corrected chi connectivity index (χ3v) is 3.68. The summed E-state index contributed by atoms with van der Waals surface area (Å²) >= 11 is 0. The molecule has 0 saturated carbocycles. The Balaban J connectivity index is 1.67. The molecule has 0 unspecified atom stereocenters. The van der Waals surface area contributed by atoms with E-state index in [0.717, 1.165) is 49.3 Å². The molecule has 0 amide bonds. The van der Waals surface area contributed by atoms with Crippen molar-refractivity contribution in [3.63, 3.8) is 0 Å². The van der Waals surface area contributed by atoms with E-state index in [2.05, 4.69) is 14.7 Å². The van der Waals surface area contributed by atoms with Crippen LogP contribution in [0.15, 0.2) is 48.1 Å². The van der Waals surface area contributed by atoms with Crippen molar-refractivity contribution in [3.8, 4) is 5.75 Å². The molecule has 0 aliphatic heterocycles. The second-order valence-electron chi connectivity index (χ2n) is 5.24. The maximum absolute atomic E-state index is 9.18. The van der Waals surface area contributed by atoms with Crippen LogP contribution in [0.25, 0.3) is 0 Å². The summed E-state index contributed by atoms with van der Waals surface area (Å²) in [5.74, 6) is 0.806. The number of methoxy groups -OCH3 is 1. The molecule has 0 radical (unpaired) electrons. The number of ether oxygens (including phenoxy) is 1. The van der Waals surface area contributed by atoms with E-state index in [9.17, 15) is 5.21 Å². The van der Waals surface area contributed by atoms with Crippen LogP contribution >= 0.6 is 0 Å². The summed E-state index contributed by atoms with van der Waals surface area (Å²) < 4.78 is 7.23. The van der Waals surface area contributed by atoms with Crippen LogP contribution in [-0.4, -0.2) is 27.6 Å². The topological polar surface area (TPSA) is 59.6 Å². The Morgan fingerprint density at radius 1 is 1.18 bits per heavy atom. The molecule has 0 bridgehead atoms. The molecular formula is C17H23N3O2. The normalized spacial score (nSPS) is 11.6. The van der Waals surface area contributed by atoms with Gasteiger partial charge in [0.05, 0.1) is 19.1 Å². The molecule has 5 nitrogen and oxygen atoms in total. The van der Waals surface area contributed by atoms with Gasteiger partial charge in [0, 0.05) is 18.9 Å².